The van der Waals surface area contributed by atoms with Crippen LogP contribution in [0.25, 0.3) is 0 Å². The Balaban J connectivity index is 2.84. The zero-order valence-corrected chi connectivity index (χ0v) is 9.53. The molecule has 1 N–H and O–H groups in total. The highest BCUT2D eigenvalue weighted by Gasteiger charge is 2.19. The number of thiophene rings is 1. The van der Waals surface area contributed by atoms with Crippen LogP contribution in [0.2, 0.25) is 0 Å². The number of ether oxygens (including phenoxy) is 1. The van der Waals surface area contributed by atoms with Crippen LogP contribution in [0.1, 0.15) is 17.7 Å². The minimum absolute atomic E-state index is 0.311. The molecule has 0 aliphatic heterocycles. The lowest BCUT2D eigenvalue weighted by atomic mass is 10.1. The standard InChI is InChI=1S/C11H14O3S/c1-8(12)5-6-9(11(13)14-2)10-4-3-7-15-10/h3-9,12H,1-2H3/b6-5+/t8-,9+/m0/s1. The van der Waals surface area contributed by atoms with Gasteiger partial charge in [0.15, 0.2) is 0 Å². The second kappa shape index (κ2) is 5.68. The molecule has 0 saturated carbocycles. The maximum Gasteiger partial charge on any atom is 0.317 e. The Labute approximate surface area is 93.0 Å². The van der Waals surface area contributed by atoms with Crippen molar-refractivity contribution in [1.29, 1.82) is 0 Å². The number of hydrogen-bond acceptors (Lipinski definition) is 4. The quantitative estimate of drug-likeness (QED) is 0.630. The SMILES string of the molecule is COC(=O)[C@H](/C=C/[C@H](C)O)c1cccs1. The van der Waals surface area contributed by atoms with Crippen LogP contribution in [0.5, 0.6) is 0 Å². The Morgan fingerprint density at radius 2 is 2.33 bits per heavy atom. The average Bonchev–Trinajstić information content (AvgIpc) is 2.70. The predicted octanol–water partition coefficient (Wildman–Crippen LogP) is 1.94. The van der Waals surface area contributed by atoms with Crippen molar-refractivity contribution in [3.63, 3.8) is 0 Å². The Morgan fingerprint density at radius 3 is 2.80 bits per heavy atom. The molecule has 0 aliphatic rings. The minimum atomic E-state index is -0.558. The van der Waals surface area contributed by atoms with Crippen molar-refractivity contribution in [2.75, 3.05) is 7.11 Å². The molecule has 82 valence electrons. The van der Waals surface area contributed by atoms with E-state index in [1.807, 2.05) is 17.5 Å². The fourth-order valence-electron chi connectivity index (χ4n) is 1.16. The summed E-state index contributed by atoms with van der Waals surface area (Å²) in [6.45, 7) is 1.64. The van der Waals surface area contributed by atoms with Crippen molar-refractivity contribution in [2.45, 2.75) is 18.9 Å². The van der Waals surface area contributed by atoms with Crippen molar-refractivity contribution in [3.05, 3.63) is 34.5 Å². The van der Waals surface area contributed by atoms with Crippen LogP contribution in [0.3, 0.4) is 0 Å². The number of hydrogen-bond donors (Lipinski definition) is 1. The summed E-state index contributed by atoms with van der Waals surface area (Å²) in [7, 11) is 1.36. The smallest absolute Gasteiger partial charge is 0.317 e. The van der Waals surface area contributed by atoms with E-state index in [-0.39, 0.29) is 5.97 Å². The molecule has 0 amide bonds. The molecule has 1 aromatic heterocycles. The summed E-state index contributed by atoms with van der Waals surface area (Å²) in [5.41, 5.74) is 0. The largest absolute Gasteiger partial charge is 0.468 e. The molecule has 15 heavy (non-hydrogen) atoms. The van der Waals surface area contributed by atoms with Gasteiger partial charge in [0.1, 0.15) is 5.92 Å². The van der Waals surface area contributed by atoms with Crippen LogP contribution >= 0.6 is 11.3 Å². The number of methoxy groups -OCH3 is 1. The minimum Gasteiger partial charge on any atom is -0.468 e. The average molecular weight is 226 g/mol. The van der Waals surface area contributed by atoms with Gasteiger partial charge in [0.05, 0.1) is 13.2 Å². The molecule has 1 heterocycles. The lowest BCUT2D eigenvalue weighted by Crippen LogP contribution is -2.11. The van der Waals surface area contributed by atoms with Crippen molar-refractivity contribution < 1.29 is 14.6 Å². The number of carbonyl (C=O) groups is 1. The Hall–Kier alpha value is -1.13. The predicted molar refractivity (Wildman–Crippen MR) is 59.9 cm³/mol. The third-order valence-electron chi connectivity index (χ3n) is 1.89. The number of carbonyl (C=O) groups excluding carboxylic acids is 1. The summed E-state index contributed by atoms with van der Waals surface area (Å²) in [6.07, 6.45) is 2.70. The fraction of sp³-hybridized carbons (Fsp3) is 0.364. The highest BCUT2D eigenvalue weighted by atomic mass is 32.1. The second-order valence-corrected chi connectivity index (χ2v) is 4.12. The van der Waals surface area contributed by atoms with E-state index in [0.717, 1.165) is 4.88 Å². The summed E-state index contributed by atoms with van der Waals surface area (Å²) < 4.78 is 4.70. The molecule has 0 fully saturated rings. The summed E-state index contributed by atoms with van der Waals surface area (Å²) in [5, 5.41) is 11.0. The van der Waals surface area contributed by atoms with Crippen molar-refractivity contribution in [3.8, 4) is 0 Å². The number of rotatable bonds is 4. The molecule has 1 aromatic rings. The van der Waals surface area contributed by atoms with E-state index >= 15 is 0 Å². The van der Waals surface area contributed by atoms with Crippen molar-refractivity contribution in [1.82, 2.24) is 0 Å². The third kappa shape index (κ3) is 3.49. The van der Waals surface area contributed by atoms with Crippen LogP contribution in [0.15, 0.2) is 29.7 Å². The van der Waals surface area contributed by atoms with Gasteiger partial charge in [-0.25, -0.2) is 0 Å². The number of esters is 1. The summed E-state index contributed by atoms with van der Waals surface area (Å²) in [5.74, 6) is -0.723. The van der Waals surface area contributed by atoms with Gasteiger partial charge in [0.25, 0.3) is 0 Å². The normalized spacial score (nSPS) is 15.1. The Kier molecular flexibility index (Phi) is 4.52. The van der Waals surface area contributed by atoms with Crippen molar-refractivity contribution in [2.24, 2.45) is 0 Å². The molecular formula is C11H14O3S. The Morgan fingerprint density at radius 1 is 1.60 bits per heavy atom. The topological polar surface area (TPSA) is 46.5 Å². The molecule has 0 aromatic carbocycles. The first-order chi connectivity index (χ1) is 7.15. The van der Waals surface area contributed by atoms with Gasteiger partial charge in [-0.3, -0.25) is 4.79 Å². The first-order valence-electron chi connectivity index (χ1n) is 4.62. The van der Waals surface area contributed by atoms with Gasteiger partial charge in [-0.05, 0) is 18.4 Å². The van der Waals surface area contributed by atoms with Gasteiger partial charge in [-0.2, -0.15) is 0 Å². The molecule has 4 heteroatoms. The zero-order valence-electron chi connectivity index (χ0n) is 8.71. The Bertz CT molecular complexity index is 328. The molecule has 0 spiro atoms. The number of aliphatic hydroxyl groups is 1. The van der Waals surface area contributed by atoms with Crippen LogP contribution in [-0.4, -0.2) is 24.3 Å². The van der Waals surface area contributed by atoms with Crippen LogP contribution < -0.4 is 0 Å². The van der Waals surface area contributed by atoms with Gasteiger partial charge in [0, 0.05) is 4.88 Å². The molecule has 0 radical (unpaired) electrons. The second-order valence-electron chi connectivity index (χ2n) is 3.14. The van der Waals surface area contributed by atoms with E-state index in [4.69, 9.17) is 9.84 Å². The zero-order chi connectivity index (χ0) is 11.3. The fourth-order valence-corrected chi connectivity index (χ4v) is 1.95. The van der Waals surface area contributed by atoms with Gasteiger partial charge < -0.3 is 9.84 Å². The molecule has 0 bridgehead atoms. The first kappa shape index (κ1) is 11.9. The van der Waals surface area contributed by atoms with Gasteiger partial charge in [-0.1, -0.05) is 18.2 Å². The lowest BCUT2D eigenvalue weighted by Gasteiger charge is -2.08. The molecule has 0 unspecified atom stereocenters. The monoisotopic (exact) mass is 226 g/mol. The molecule has 1 rings (SSSR count). The van der Waals surface area contributed by atoms with E-state index < -0.39 is 12.0 Å². The first-order valence-corrected chi connectivity index (χ1v) is 5.50. The highest BCUT2D eigenvalue weighted by Crippen LogP contribution is 2.23. The van der Waals surface area contributed by atoms with Crippen LogP contribution in [0.4, 0.5) is 0 Å². The van der Waals surface area contributed by atoms with E-state index in [0.29, 0.717) is 0 Å². The summed E-state index contributed by atoms with van der Waals surface area (Å²) in [6, 6.07) is 3.75. The van der Waals surface area contributed by atoms with Gasteiger partial charge in [0.2, 0.25) is 0 Å². The van der Waals surface area contributed by atoms with E-state index in [1.54, 1.807) is 19.1 Å². The summed E-state index contributed by atoms with van der Waals surface area (Å²) in [4.78, 5) is 12.4. The highest BCUT2D eigenvalue weighted by molar-refractivity contribution is 7.10. The molecule has 3 nitrogen and oxygen atoms in total. The molecular weight excluding hydrogens is 212 g/mol. The van der Waals surface area contributed by atoms with Crippen LogP contribution in [-0.2, 0) is 9.53 Å². The maximum atomic E-state index is 11.5. The van der Waals surface area contributed by atoms with Crippen molar-refractivity contribution >= 4 is 17.3 Å². The van der Waals surface area contributed by atoms with Gasteiger partial charge in [-0.15, -0.1) is 11.3 Å². The third-order valence-corrected chi connectivity index (χ3v) is 2.84. The van der Waals surface area contributed by atoms with Gasteiger partial charge >= 0.3 is 5.97 Å². The van der Waals surface area contributed by atoms with Crippen LogP contribution in [0, 0.1) is 0 Å². The van der Waals surface area contributed by atoms with E-state index in [9.17, 15) is 4.79 Å². The molecule has 2 atom stereocenters. The number of aliphatic hydroxyl groups excluding tert-OH is 1. The maximum absolute atomic E-state index is 11.5. The molecule has 0 aliphatic carbocycles. The lowest BCUT2D eigenvalue weighted by molar-refractivity contribution is -0.141. The van der Waals surface area contributed by atoms with E-state index in [2.05, 4.69) is 0 Å². The molecule has 0 saturated heterocycles. The van der Waals surface area contributed by atoms with E-state index in [1.165, 1.54) is 18.4 Å². The summed E-state index contributed by atoms with van der Waals surface area (Å²) >= 11 is 1.49.